The van der Waals surface area contributed by atoms with E-state index < -0.39 is 6.10 Å². The summed E-state index contributed by atoms with van der Waals surface area (Å²) >= 11 is 0. The topological polar surface area (TPSA) is 104 Å². The van der Waals surface area contributed by atoms with Crippen molar-refractivity contribution in [2.45, 2.75) is 19.6 Å². The molecule has 186 valence electrons. The van der Waals surface area contributed by atoms with Crippen molar-refractivity contribution in [3.05, 3.63) is 77.1 Å². The summed E-state index contributed by atoms with van der Waals surface area (Å²) in [7, 11) is 3.05. The first-order valence-corrected chi connectivity index (χ1v) is 11.7. The van der Waals surface area contributed by atoms with E-state index in [4.69, 9.17) is 18.6 Å². The standard InChI is InChI=1S/C28H23N3O6/c1-15(27(32)30-14-17-5-4-12-36-17)37-16-6-8-21-20(13-16)18-10-11-29-24-19-7-9-22(34-2)26(35-3)23(19)28(33)31(21)25(18)24/h4-13,15H,14H2,1-3H3,(H,30,32). The summed E-state index contributed by atoms with van der Waals surface area (Å²) in [6, 6.07) is 14.4. The Morgan fingerprint density at radius 3 is 2.70 bits per heavy atom. The Morgan fingerprint density at radius 2 is 1.95 bits per heavy atom. The van der Waals surface area contributed by atoms with Gasteiger partial charge in [0.1, 0.15) is 11.5 Å². The highest BCUT2D eigenvalue weighted by atomic mass is 16.5. The molecule has 1 unspecified atom stereocenters. The van der Waals surface area contributed by atoms with Gasteiger partial charge in [-0.1, -0.05) is 0 Å². The fourth-order valence-electron chi connectivity index (χ4n) is 4.86. The fraction of sp³-hybridized carbons (Fsp3) is 0.179. The first kappa shape index (κ1) is 22.7. The highest BCUT2D eigenvalue weighted by Crippen LogP contribution is 2.39. The van der Waals surface area contributed by atoms with Crippen molar-refractivity contribution in [3.8, 4) is 17.2 Å². The monoisotopic (exact) mass is 497 g/mol. The fourth-order valence-corrected chi connectivity index (χ4v) is 4.86. The van der Waals surface area contributed by atoms with E-state index in [0.717, 1.165) is 10.8 Å². The van der Waals surface area contributed by atoms with Crippen LogP contribution >= 0.6 is 0 Å². The van der Waals surface area contributed by atoms with Crippen LogP contribution in [0, 0.1) is 0 Å². The molecule has 0 saturated heterocycles. The normalized spacial score (nSPS) is 12.4. The summed E-state index contributed by atoms with van der Waals surface area (Å²) in [4.78, 5) is 31.0. The lowest BCUT2D eigenvalue weighted by Crippen LogP contribution is -2.35. The molecule has 6 rings (SSSR count). The molecule has 1 atom stereocenters. The summed E-state index contributed by atoms with van der Waals surface area (Å²) in [6.45, 7) is 1.96. The van der Waals surface area contributed by atoms with Crippen molar-refractivity contribution in [1.82, 2.24) is 14.7 Å². The summed E-state index contributed by atoms with van der Waals surface area (Å²) in [5.41, 5.74) is 1.86. The SMILES string of the molecule is COc1ccc2c(c1OC)c(=O)n1c3ccc(OC(C)C(=O)NCc4ccco4)cc3c3ccnc2c31. The van der Waals surface area contributed by atoms with Crippen LogP contribution in [-0.4, -0.2) is 35.6 Å². The number of amides is 1. The third-order valence-electron chi connectivity index (χ3n) is 6.56. The van der Waals surface area contributed by atoms with Crippen LogP contribution in [0.5, 0.6) is 17.2 Å². The zero-order valence-electron chi connectivity index (χ0n) is 20.4. The predicted molar refractivity (Wildman–Crippen MR) is 139 cm³/mol. The van der Waals surface area contributed by atoms with Gasteiger partial charge in [-0.2, -0.15) is 0 Å². The van der Waals surface area contributed by atoms with E-state index in [9.17, 15) is 9.59 Å². The number of carbonyl (C=O) groups excluding carboxylic acids is 1. The van der Waals surface area contributed by atoms with E-state index in [1.165, 1.54) is 14.2 Å². The molecular formula is C28H23N3O6. The number of pyridine rings is 2. The lowest BCUT2D eigenvalue weighted by atomic mass is 10.1. The van der Waals surface area contributed by atoms with Crippen LogP contribution in [0.25, 0.3) is 38.1 Å². The Bertz CT molecular complexity index is 1840. The molecule has 1 amide bonds. The predicted octanol–water partition coefficient (Wildman–Crippen LogP) is 4.29. The third kappa shape index (κ3) is 3.50. The highest BCUT2D eigenvalue weighted by molar-refractivity contribution is 6.19. The number of benzene rings is 2. The minimum atomic E-state index is -0.740. The van der Waals surface area contributed by atoms with Crippen molar-refractivity contribution in [3.63, 3.8) is 0 Å². The van der Waals surface area contributed by atoms with Crippen molar-refractivity contribution in [1.29, 1.82) is 0 Å². The van der Waals surface area contributed by atoms with E-state index in [-0.39, 0.29) is 18.0 Å². The molecule has 0 aliphatic heterocycles. The zero-order chi connectivity index (χ0) is 25.7. The lowest BCUT2D eigenvalue weighted by Gasteiger charge is -2.14. The number of hydrogen-bond acceptors (Lipinski definition) is 7. The number of ether oxygens (including phenoxy) is 3. The van der Waals surface area contributed by atoms with Gasteiger partial charge in [-0.25, -0.2) is 0 Å². The minimum absolute atomic E-state index is 0.231. The molecular weight excluding hydrogens is 474 g/mol. The van der Waals surface area contributed by atoms with Crippen molar-refractivity contribution in [2.75, 3.05) is 14.2 Å². The van der Waals surface area contributed by atoms with Gasteiger partial charge in [0.15, 0.2) is 17.6 Å². The third-order valence-corrected chi connectivity index (χ3v) is 6.56. The van der Waals surface area contributed by atoms with Crippen LogP contribution in [0.3, 0.4) is 0 Å². The molecule has 4 aromatic heterocycles. The number of nitrogens with one attached hydrogen (secondary N) is 1. The number of carbonyl (C=O) groups is 1. The summed E-state index contributed by atoms with van der Waals surface area (Å²) in [6.07, 6.45) is 2.54. The molecule has 0 aliphatic carbocycles. The zero-order valence-corrected chi connectivity index (χ0v) is 20.4. The molecule has 0 spiro atoms. The van der Waals surface area contributed by atoms with E-state index in [2.05, 4.69) is 10.3 Å². The molecule has 9 nitrogen and oxygen atoms in total. The van der Waals surface area contributed by atoms with Gasteiger partial charge in [-0.3, -0.25) is 19.0 Å². The Balaban J connectivity index is 1.46. The van der Waals surface area contributed by atoms with Crippen LogP contribution in [-0.2, 0) is 11.3 Å². The molecule has 1 N–H and O–H groups in total. The Labute approximate surface area is 210 Å². The van der Waals surface area contributed by atoms with Gasteiger partial charge >= 0.3 is 0 Å². The molecule has 2 aromatic carbocycles. The maximum Gasteiger partial charge on any atom is 0.267 e. The number of fused-ring (bicyclic) bond motifs is 5. The average Bonchev–Trinajstić information content (AvgIpc) is 3.56. The quantitative estimate of drug-likeness (QED) is 0.328. The number of furan rings is 1. The van der Waals surface area contributed by atoms with Crippen LogP contribution in [0.4, 0.5) is 0 Å². The molecule has 0 aliphatic rings. The first-order valence-electron chi connectivity index (χ1n) is 11.7. The molecule has 9 heteroatoms. The Hall–Kier alpha value is -4.79. The molecule has 37 heavy (non-hydrogen) atoms. The van der Waals surface area contributed by atoms with Gasteiger partial charge < -0.3 is 23.9 Å². The maximum atomic E-state index is 13.8. The number of rotatable bonds is 7. The first-order chi connectivity index (χ1) is 18.0. The van der Waals surface area contributed by atoms with Crippen molar-refractivity contribution < 1.29 is 23.4 Å². The Kier molecular flexibility index (Phi) is 5.33. The summed E-state index contributed by atoms with van der Waals surface area (Å²) in [5, 5.41) is 5.55. The minimum Gasteiger partial charge on any atom is -0.493 e. The van der Waals surface area contributed by atoms with Gasteiger partial charge in [-0.15, -0.1) is 0 Å². The molecule has 0 radical (unpaired) electrons. The van der Waals surface area contributed by atoms with Crippen molar-refractivity contribution >= 4 is 44.0 Å². The summed E-state index contributed by atoms with van der Waals surface area (Å²) in [5.74, 6) is 1.73. The van der Waals surface area contributed by atoms with E-state index >= 15 is 0 Å². The average molecular weight is 498 g/mol. The number of hydrogen-bond donors (Lipinski definition) is 1. The number of methoxy groups -OCH3 is 2. The number of aromatic nitrogens is 2. The molecule has 6 aromatic rings. The van der Waals surface area contributed by atoms with Crippen LogP contribution in [0.2, 0.25) is 0 Å². The summed E-state index contributed by atoms with van der Waals surface area (Å²) < 4.78 is 23.9. The van der Waals surface area contributed by atoms with Crippen LogP contribution < -0.4 is 25.1 Å². The second kappa shape index (κ2) is 8.70. The molecule has 4 heterocycles. The highest BCUT2D eigenvalue weighted by Gasteiger charge is 2.23. The van der Waals surface area contributed by atoms with Gasteiger partial charge in [0, 0.05) is 22.4 Å². The lowest BCUT2D eigenvalue weighted by molar-refractivity contribution is -0.127. The van der Waals surface area contributed by atoms with E-state index in [1.54, 1.807) is 48.0 Å². The van der Waals surface area contributed by atoms with Gasteiger partial charge in [0.05, 0.1) is 49.0 Å². The second-order valence-corrected chi connectivity index (χ2v) is 8.66. The van der Waals surface area contributed by atoms with Crippen LogP contribution in [0.15, 0.2) is 70.2 Å². The van der Waals surface area contributed by atoms with Crippen LogP contribution in [0.1, 0.15) is 12.7 Å². The molecule has 0 saturated carbocycles. The van der Waals surface area contributed by atoms with Gasteiger partial charge in [0.25, 0.3) is 11.5 Å². The number of nitrogens with zero attached hydrogens (tertiary/aromatic N) is 2. The smallest absolute Gasteiger partial charge is 0.267 e. The van der Waals surface area contributed by atoms with E-state index in [1.807, 2.05) is 24.3 Å². The second-order valence-electron chi connectivity index (χ2n) is 8.66. The molecule has 0 bridgehead atoms. The largest absolute Gasteiger partial charge is 0.493 e. The van der Waals surface area contributed by atoms with Gasteiger partial charge in [0.2, 0.25) is 0 Å². The van der Waals surface area contributed by atoms with E-state index in [0.29, 0.717) is 50.3 Å². The van der Waals surface area contributed by atoms with Gasteiger partial charge in [-0.05, 0) is 55.5 Å². The van der Waals surface area contributed by atoms with Crippen molar-refractivity contribution in [2.24, 2.45) is 0 Å². The Morgan fingerprint density at radius 1 is 1.08 bits per heavy atom. The maximum absolute atomic E-state index is 13.8. The molecule has 0 fully saturated rings.